The lowest BCUT2D eigenvalue weighted by molar-refractivity contribution is 1.18. The van der Waals surface area contributed by atoms with Crippen LogP contribution in [0.2, 0.25) is 0 Å². The van der Waals surface area contributed by atoms with Gasteiger partial charge in [0.05, 0.1) is 27.8 Å². The molecule has 0 aliphatic carbocycles. The Labute approximate surface area is 339 Å². The van der Waals surface area contributed by atoms with E-state index in [-0.39, 0.29) is 0 Å². The summed E-state index contributed by atoms with van der Waals surface area (Å²) < 4.78 is 4.96. The molecular weight excluding hydrogens is 715 g/mol. The number of aromatic nitrogens is 2. The van der Waals surface area contributed by atoms with E-state index in [1.165, 1.54) is 86.4 Å². The third kappa shape index (κ3) is 4.79. The molecule has 0 unspecified atom stereocenters. The normalized spacial score (nSPS) is 13.2. The second-order valence-electron chi connectivity index (χ2n) is 15.9. The molecule has 13 rings (SSSR count). The summed E-state index contributed by atoms with van der Waals surface area (Å²) in [6, 6.07) is 71.2. The van der Waals surface area contributed by atoms with Crippen LogP contribution >= 0.6 is 0 Å². The topological polar surface area (TPSA) is 22.2 Å². The molecule has 0 fully saturated rings. The van der Waals surface area contributed by atoms with Gasteiger partial charge < -0.3 is 4.57 Å². The largest absolute Gasteiger partial charge is 0.309 e. The van der Waals surface area contributed by atoms with Crippen molar-refractivity contribution in [2.75, 3.05) is 0 Å². The first-order valence-electron chi connectivity index (χ1n) is 20.4. The molecule has 1 aliphatic heterocycles. The fraction of sp³-hybridized carbons (Fsp3) is 0.0179. The van der Waals surface area contributed by atoms with Crippen molar-refractivity contribution in [3.8, 4) is 5.69 Å². The van der Waals surface area contributed by atoms with Crippen LogP contribution in [-0.4, -0.2) is 15.0 Å². The van der Waals surface area contributed by atoms with Crippen molar-refractivity contribution in [2.45, 2.75) is 6.42 Å². The standard InChI is InChI=1S/C56H35N3/c1-2-19-43(20-3-1)58-50-28-26-47-48-31-38-15-6-8-17-40(38)33-51(48)59(56(47)54(50)49-32-39-16-7-9-18-41(39)34-52(49)58)53-29-27-45-44-21-11-10-13-36(44)24-25-46(45)55(57-53)42-23-22-35-12-4-5-14-37(35)30-42/h1-28,30-34H,29H2. The first-order chi connectivity index (χ1) is 29.2. The number of rotatable bonds is 2. The van der Waals surface area contributed by atoms with E-state index in [9.17, 15) is 0 Å². The van der Waals surface area contributed by atoms with Gasteiger partial charge in [-0.25, -0.2) is 4.99 Å². The van der Waals surface area contributed by atoms with Gasteiger partial charge in [-0.3, -0.25) is 4.57 Å². The molecule has 0 spiro atoms. The first-order valence-corrected chi connectivity index (χ1v) is 20.4. The number of fused-ring (bicyclic) bond motifs is 13. The molecule has 0 atom stereocenters. The van der Waals surface area contributed by atoms with E-state index in [1.54, 1.807) is 0 Å². The highest BCUT2D eigenvalue weighted by molar-refractivity contribution is 6.30. The number of para-hydroxylation sites is 1. The number of aliphatic imine (C=N–C) groups is 1. The van der Waals surface area contributed by atoms with Gasteiger partial charge in [0, 0.05) is 44.4 Å². The maximum atomic E-state index is 5.88. The van der Waals surface area contributed by atoms with E-state index in [0.717, 1.165) is 33.5 Å². The van der Waals surface area contributed by atoms with Gasteiger partial charge in [-0.15, -0.1) is 0 Å². The van der Waals surface area contributed by atoms with Gasteiger partial charge in [-0.05, 0) is 96.8 Å². The number of nitrogens with zero attached hydrogens (tertiary/aromatic N) is 3. The number of benzene rings is 10. The van der Waals surface area contributed by atoms with Gasteiger partial charge in [0.2, 0.25) is 0 Å². The Bertz CT molecular complexity index is 3920. The van der Waals surface area contributed by atoms with Crippen molar-refractivity contribution in [1.82, 2.24) is 9.13 Å². The third-order valence-electron chi connectivity index (χ3n) is 12.6. The average Bonchev–Trinajstić information content (AvgIpc) is 3.70. The van der Waals surface area contributed by atoms with Crippen molar-refractivity contribution in [3.63, 3.8) is 0 Å². The zero-order valence-corrected chi connectivity index (χ0v) is 32.1. The quantitative estimate of drug-likeness (QED) is 0.168. The van der Waals surface area contributed by atoms with Crippen LogP contribution in [0.5, 0.6) is 0 Å². The van der Waals surface area contributed by atoms with E-state index >= 15 is 0 Å². The molecule has 0 amide bonds. The van der Waals surface area contributed by atoms with Crippen LogP contribution < -0.4 is 10.4 Å². The Morgan fingerprint density at radius 1 is 0.390 bits per heavy atom. The maximum absolute atomic E-state index is 5.88. The van der Waals surface area contributed by atoms with E-state index in [0.29, 0.717) is 6.42 Å². The van der Waals surface area contributed by atoms with Gasteiger partial charge in [0.25, 0.3) is 0 Å². The van der Waals surface area contributed by atoms with Crippen LogP contribution in [-0.2, 0) is 0 Å². The van der Waals surface area contributed by atoms with Crippen molar-refractivity contribution in [2.24, 2.45) is 4.99 Å². The molecule has 0 radical (unpaired) electrons. The minimum Gasteiger partial charge on any atom is -0.309 e. The monoisotopic (exact) mass is 749 g/mol. The molecule has 3 nitrogen and oxygen atoms in total. The fourth-order valence-electron chi connectivity index (χ4n) is 9.95. The summed E-state index contributed by atoms with van der Waals surface area (Å²) in [5.41, 5.74) is 7.95. The van der Waals surface area contributed by atoms with E-state index in [1.807, 2.05) is 0 Å². The summed E-state index contributed by atoms with van der Waals surface area (Å²) >= 11 is 0. The highest BCUT2D eigenvalue weighted by Gasteiger charge is 2.24. The Balaban J connectivity index is 1.22. The second kappa shape index (κ2) is 12.4. The van der Waals surface area contributed by atoms with Crippen molar-refractivity contribution >= 4 is 104 Å². The first kappa shape index (κ1) is 32.3. The van der Waals surface area contributed by atoms with E-state index in [2.05, 4.69) is 209 Å². The lowest BCUT2D eigenvalue weighted by Gasteiger charge is -2.13. The zero-order valence-electron chi connectivity index (χ0n) is 32.1. The van der Waals surface area contributed by atoms with E-state index < -0.39 is 0 Å². The Morgan fingerprint density at radius 2 is 0.983 bits per heavy atom. The van der Waals surface area contributed by atoms with Crippen LogP contribution in [0.15, 0.2) is 199 Å². The van der Waals surface area contributed by atoms with Crippen LogP contribution in [0.4, 0.5) is 0 Å². The summed E-state index contributed by atoms with van der Waals surface area (Å²) in [7, 11) is 0. The molecule has 2 aromatic heterocycles. The van der Waals surface area contributed by atoms with Crippen LogP contribution in [0.1, 0.15) is 12.0 Å². The summed E-state index contributed by atoms with van der Waals surface area (Å²) in [6.45, 7) is 0. The smallest absolute Gasteiger partial charge is 0.118 e. The molecule has 274 valence electrons. The summed E-state index contributed by atoms with van der Waals surface area (Å²) in [5, 5.41) is 17.1. The number of hydrogen-bond acceptors (Lipinski definition) is 1. The van der Waals surface area contributed by atoms with Crippen molar-refractivity contribution in [1.29, 1.82) is 0 Å². The summed E-state index contributed by atoms with van der Waals surface area (Å²) in [4.78, 5) is 5.88. The van der Waals surface area contributed by atoms with Gasteiger partial charge in [-0.2, -0.15) is 0 Å². The van der Waals surface area contributed by atoms with Gasteiger partial charge in [0.15, 0.2) is 0 Å². The molecule has 0 saturated carbocycles. The highest BCUT2D eigenvalue weighted by atomic mass is 15.1. The zero-order chi connectivity index (χ0) is 38.6. The molecule has 10 aromatic carbocycles. The molecule has 12 aromatic rings. The predicted octanol–water partition coefficient (Wildman–Crippen LogP) is 12.8. The maximum Gasteiger partial charge on any atom is 0.118 e. The predicted molar refractivity (Wildman–Crippen MR) is 250 cm³/mol. The molecule has 59 heavy (non-hydrogen) atoms. The molecular formula is C56H35N3. The Hall–Kier alpha value is -7.75. The van der Waals surface area contributed by atoms with Gasteiger partial charge in [0.1, 0.15) is 5.84 Å². The Morgan fingerprint density at radius 3 is 1.73 bits per heavy atom. The lowest BCUT2D eigenvalue weighted by Crippen LogP contribution is -2.27. The van der Waals surface area contributed by atoms with E-state index in [4.69, 9.17) is 4.99 Å². The average molecular weight is 750 g/mol. The number of hydrogen-bond donors (Lipinski definition) is 0. The van der Waals surface area contributed by atoms with Crippen molar-refractivity contribution in [3.05, 3.63) is 210 Å². The van der Waals surface area contributed by atoms with Crippen LogP contribution in [0.3, 0.4) is 0 Å². The minimum atomic E-state index is 0.653. The molecule has 1 aliphatic rings. The molecule has 3 heteroatoms. The van der Waals surface area contributed by atoms with Crippen molar-refractivity contribution < 1.29 is 0 Å². The summed E-state index contributed by atoms with van der Waals surface area (Å²) in [6.07, 6.45) is 3.07. The molecule has 3 heterocycles. The van der Waals surface area contributed by atoms with Crippen LogP contribution in [0.25, 0.3) is 104 Å². The Kier molecular flexibility index (Phi) is 6.78. The second-order valence-corrected chi connectivity index (χ2v) is 15.9. The minimum absolute atomic E-state index is 0.653. The van der Waals surface area contributed by atoms with Gasteiger partial charge in [-0.1, -0.05) is 152 Å². The molecule has 0 bridgehead atoms. The SMILES string of the molecule is C1=c2c(ccc3ccccc23)=C(c2ccc3ccccc3c2)N=C(n2c3cc4ccccc4cc3c3ccc4c(c5cc6ccccc6cc5n4-c4ccccc4)c32)C1. The lowest BCUT2D eigenvalue weighted by atomic mass is 10.0. The molecule has 0 saturated heterocycles. The molecule has 0 N–H and O–H groups in total. The van der Waals surface area contributed by atoms with Crippen LogP contribution in [0, 0.1) is 0 Å². The van der Waals surface area contributed by atoms with Gasteiger partial charge >= 0.3 is 0 Å². The third-order valence-corrected chi connectivity index (χ3v) is 12.6. The highest BCUT2D eigenvalue weighted by Crippen LogP contribution is 2.43. The summed E-state index contributed by atoms with van der Waals surface area (Å²) in [5.74, 6) is 0.998. The fourth-order valence-corrected chi connectivity index (χ4v) is 9.95.